The second kappa shape index (κ2) is 4.10. The lowest BCUT2D eigenvalue weighted by molar-refractivity contribution is 0.112. The number of nitrogens with zero attached hydrogens (tertiary/aromatic N) is 2. The molecular formula is C12H11ClN2O. The van der Waals surface area contributed by atoms with Crippen LogP contribution in [0.4, 0.5) is 0 Å². The number of carbonyl (C=O) groups is 1. The van der Waals surface area contributed by atoms with Gasteiger partial charge >= 0.3 is 0 Å². The SMILES string of the molecule is Cc1ccc(-n2cc(Cl)c(C)n2)c(C=O)c1. The molecule has 0 saturated heterocycles. The predicted molar refractivity (Wildman–Crippen MR) is 63.4 cm³/mol. The lowest BCUT2D eigenvalue weighted by atomic mass is 10.1. The van der Waals surface area contributed by atoms with Gasteiger partial charge in [0.2, 0.25) is 0 Å². The molecule has 0 atom stereocenters. The van der Waals surface area contributed by atoms with E-state index in [-0.39, 0.29) is 0 Å². The number of halogens is 1. The van der Waals surface area contributed by atoms with Gasteiger partial charge in [0.05, 0.1) is 16.4 Å². The summed E-state index contributed by atoms with van der Waals surface area (Å²) in [7, 11) is 0. The average Bonchev–Trinajstić information content (AvgIpc) is 2.59. The zero-order valence-electron chi connectivity index (χ0n) is 9.07. The summed E-state index contributed by atoms with van der Waals surface area (Å²) in [6.07, 6.45) is 2.53. The second-order valence-corrected chi connectivity index (χ2v) is 4.09. The summed E-state index contributed by atoms with van der Waals surface area (Å²) in [5.41, 5.74) is 3.15. The number of hydrogen-bond acceptors (Lipinski definition) is 2. The highest BCUT2D eigenvalue weighted by Crippen LogP contribution is 2.19. The van der Waals surface area contributed by atoms with E-state index >= 15 is 0 Å². The van der Waals surface area contributed by atoms with Gasteiger partial charge in [-0.05, 0) is 26.0 Å². The summed E-state index contributed by atoms with van der Waals surface area (Å²) in [6.45, 7) is 3.77. The van der Waals surface area contributed by atoms with Crippen molar-refractivity contribution in [2.75, 3.05) is 0 Å². The van der Waals surface area contributed by atoms with Crippen molar-refractivity contribution in [1.29, 1.82) is 0 Å². The first kappa shape index (κ1) is 10.9. The van der Waals surface area contributed by atoms with E-state index in [1.165, 1.54) is 0 Å². The van der Waals surface area contributed by atoms with Crippen molar-refractivity contribution in [3.63, 3.8) is 0 Å². The van der Waals surface area contributed by atoms with Crippen molar-refractivity contribution in [2.45, 2.75) is 13.8 Å². The Balaban J connectivity index is 2.59. The van der Waals surface area contributed by atoms with Crippen LogP contribution in [0.1, 0.15) is 21.6 Å². The lowest BCUT2D eigenvalue weighted by Crippen LogP contribution is -2.00. The molecule has 0 N–H and O–H groups in total. The Kier molecular flexibility index (Phi) is 2.79. The van der Waals surface area contributed by atoms with Gasteiger partial charge in [-0.15, -0.1) is 0 Å². The minimum Gasteiger partial charge on any atom is -0.298 e. The average molecular weight is 235 g/mol. The Morgan fingerprint density at radius 1 is 1.38 bits per heavy atom. The van der Waals surface area contributed by atoms with Gasteiger partial charge in [0, 0.05) is 11.8 Å². The van der Waals surface area contributed by atoms with Crippen molar-refractivity contribution < 1.29 is 4.79 Å². The number of aryl methyl sites for hydroxylation is 2. The molecule has 0 saturated carbocycles. The first-order valence-corrected chi connectivity index (χ1v) is 5.27. The molecule has 0 radical (unpaired) electrons. The predicted octanol–water partition coefficient (Wildman–Crippen LogP) is 2.96. The normalized spacial score (nSPS) is 10.4. The number of aldehydes is 1. The molecule has 1 aromatic carbocycles. The van der Waals surface area contributed by atoms with Crippen molar-refractivity contribution >= 4 is 17.9 Å². The molecule has 82 valence electrons. The van der Waals surface area contributed by atoms with Gasteiger partial charge in [0.25, 0.3) is 0 Å². The van der Waals surface area contributed by atoms with E-state index < -0.39 is 0 Å². The van der Waals surface area contributed by atoms with Gasteiger partial charge in [-0.25, -0.2) is 4.68 Å². The molecule has 0 unspecified atom stereocenters. The molecule has 1 heterocycles. The Labute approximate surface area is 98.7 Å². The number of carbonyl (C=O) groups excluding carboxylic acids is 1. The molecule has 4 heteroatoms. The number of benzene rings is 1. The molecule has 0 aliphatic carbocycles. The highest BCUT2D eigenvalue weighted by molar-refractivity contribution is 6.31. The molecule has 0 aliphatic rings. The quantitative estimate of drug-likeness (QED) is 0.749. The molecular weight excluding hydrogens is 224 g/mol. The zero-order valence-corrected chi connectivity index (χ0v) is 9.82. The fourth-order valence-electron chi connectivity index (χ4n) is 1.54. The number of rotatable bonds is 2. The monoisotopic (exact) mass is 234 g/mol. The third-order valence-corrected chi connectivity index (χ3v) is 2.77. The van der Waals surface area contributed by atoms with Crippen molar-refractivity contribution in [3.05, 3.63) is 46.2 Å². The highest BCUT2D eigenvalue weighted by Gasteiger charge is 2.08. The summed E-state index contributed by atoms with van der Waals surface area (Å²) < 4.78 is 1.63. The van der Waals surface area contributed by atoms with Crippen LogP contribution in [0.25, 0.3) is 5.69 Å². The third-order valence-electron chi connectivity index (χ3n) is 2.40. The summed E-state index contributed by atoms with van der Waals surface area (Å²) in [5, 5.41) is 4.84. The molecule has 2 aromatic rings. The van der Waals surface area contributed by atoms with Crippen LogP contribution >= 0.6 is 11.6 Å². The number of hydrogen-bond donors (Lipinski definition) is 0. The maximum atomic E-state index is 11.0. The Bertz CT molecular complexity index is 526. The maximum absolute atomic E-state index is 11.0. The van der Waals surface area contributed by atoms with Crippen LogP contribution in [0.5, 0.6) is 0 Å². The Morgan fingerprint density at radius 3 is 2.69 bits per heavy atom. The van der Waals surface area contributed by atoms with Gasteiger partial charge in [-0.2, -0.15) is 5.10 Å². The van der Waals surface area contributed by atoms with E-state index in [2.05, 4.69) is 5.10 Å². The minimum absolute atomic E-state index is 0.595. The number of aromatic nitrogens is 2. The lowest BCUT2D eigenvalue weighted by Gasteiger charge is -2.05. The van der Waals surface area contributed by atoms with Crippen molar-refractivity contribution in [3.8, 4) is 5.69 Å². The van der Waals surface area contributed by atoms with Gasteiger partial charge in [-0.1, -0.05) is 23.2 Å². The highest BCUT2D eigenvalue weighted by atomic mass is 35.5. The van der Waals surface area contributed by atoms with Crippen LogP contribution in [0, 0.1) is 13.8 Å². The molecule has 0 amide bonds. The van der Waals surface area contributed by atoms with E-state index in [0.717, 1.165) is 23.2 Å². The van der Waals surface area contributed by atoms with Crippen LogP contribution < -0.4 is 0 Å². The van der Waals surface area contributed by atoms with Crippen LogP contribution in [0.3, 0.4) is 0 Å². The topological polar surface area (TPSA) is 34.9 Å². The first-order valence-electron chi connectivity index (χ1n) is 4.90. The first-order chi connectivity index (χ1) is 7.61. The smallest absolute Gasteiger partial charge is 0.152 e. The fraction of sp³-hybridized carbons (Fsp3) is 0.167. The van der Waals surface area contributed by atoms with Crippen molar-refractivity contribution in [1.82, 2.24) is 9.78 Å². The van der Waals surface area contributed by atoms with E-state index in [0.29, 0.717) is 10.6 Å². The Hall–Kier alpha value is -1.61. The summed E-state index contributed by atoms with van der Waals surface area (Å²) in [5.74, 6) is 0. The van der Waals surface area contributed by atoms with Crippen LogP contribution in [-0.4, -0.2) is 16.1 Å². The largest absolute Gasteiger partial charge is 0.298 e. The van der Waals surface area contributed by atoms with Crippen LogP contribution in [0.2, 0.25) is 5.02 Å². The van der Waals surface area contributed by atoms with Gasteiger partial charge in [-0.3, -0.25) is 4.79 Å². The maximum Gasteiger partial charge on any atom is 0.152 e. The minimum atomic E-state index is 0.595. The molecule has 0 fully saturated rings. The summed E-state index contributed by atoms with van der Waals surface area (Å²) in [4.78, 5) is 11.0. The molecule has 1 aromatic heterocycles. The van der Waals surface area contributed by atoms with Crippen LogP contribution in [-0.2, 0) is 0 Å². The summed E-state index contributed by atoms with van der Waals surface area (Å²) in [6, 6.07) is 5.63. The standard InChI is InChI=1S/C12H11ClN2O/c1-8-3-4-12(10(5-8)7-16)15-6-11(13)9(2)14-15/h3-7H,1-2H3. The molecule has 2 rings (SSSR count). The van der Waals surface area contributed by atoms with E-state index in [4.69, 9.17) is 11.6 Å². The van der Waals surface area contributed by atoms with Crippen molar-refractivity contribution in [2.24, 2.45) is 0 Å². The van der Waals surface area contributed by atoms with Gasteiger partial charge in [0.1, 0.15) is 0 Å². The molecule has 0 aliphatic heterocycles. The molecule has 0 spiro atoms. The van der Waals surface area contributed by atoms with E-state index in [9.17, 15) is 4.79 Å². The van der Waals surface area contributed by atoms with E-state index in [1.807, 2.05) is 32.0 Å². The molecule has 3 nitrogen and oxygen atoms in total. The van der Waals surface area contributed by atoms with E-state index in [1.54, 1.807) is 10.9 Å². The molecule has 0 bridgehead atoms. The third kappa shape index (κ3) is 1.86. The van der Waals surface area contributed by atoms with Crippen LogP contribution in [0.15, 0.2) is 24.4 Å². The molecule has 16 heavy (non-hydrogen) atoms. The Morgan fingerprint density at radius 2 is 2.12 bits per heavy atom. The van der Waals surface area contributed by atoms with Gasteiger partial charge < -0.3 is 0 Å². The second-order valence-electron chi connectivity index (χ2n) is 3.69. The summed E-state index contributed by atoms with van der Waals surface area (Å²) >= 11 is 5.93. The van der Waals surface area contributed by atoms with Gasteiger partial charge in [0.15, 0.2) is 6.29 Å². The fourth-order valence-corrected chi connectivity index (χ4v) is 1.67. The zero-order chi connectivity index (χ0) is 11.7.